The molecule has 1 atom stereocenters. The van der Waals surface area contributed by atoms with Crippen molar-refractivity contribution in [1.29, 1.82) is 0 Å². The van der Waals surface area contributed by atoms with Gasteiger partial charge in [-0.1, -0.05) is 45.4 Å². The van der Waals surface area contributed by atoms with Crippen LogP contribution in [0.15, 0.2) is 0 Å². The molecule has 0 saturated carbocycles. The maximum atomic E-state index is 6.04. The van der Waals surface area contributed by atoms with Gasteiger partial charge in [0.15, 0.2) is 0 Å². The molecule has 146 valence electrons. The van der Waals surface area contributed by atoms with Crippen LogP contribution in [0, 0.1) is 5.92 Å². The van der Waals surface area contributed by atoms with Crippen molar-refractivity contribution in [2.24, 2.45) is 5.92 Å². The van der Waals surface area contributed by atoms with E-state index in [0.717, 1.165) is 19.4 Å². The molecule has 4 heteroatoms. The highest BCUT2D eigenvalue weighted by Crippen LogP contribution is 2.33. The average molecular weight is 346 g/mol. The lowest BCUT2D eigenvalue weighted by molar-refractivity contribution is -0.403. The molecule has 0 heterocycles. The third-order valence-electron chi connectivity index (χ3n) is 4.37. The van der Waals surface area contributed by atoms with Gasteiger partial charge in [-0.25, -0.2) is 0 Å². The van der Waals surface area contributed by atoms with Crippen LogP contribution in [0.1, 0.15) is 79.1 Å². The van der Waals surface area contributed by atoms with Crippen LogP contribution in [0.25, 0.3) is 0 Å². The zero-order chi connectivity index (χ0) is 18.3. The second-order valence-electron chi connectivity index (χ2n) is 6.75. The Kier molecular flexibility index (Phi) is 15.0. The summed E-state index contributed by atoms with van der Waals surface area (Å²) in [4.78, 5) is 2.23. The fraction of sp³-hybridized carbons (Fsp3) is 1.00. The van der Waals surface area contributed by atoms with E-state index in [1.54, 1.807) is 0 Å². The van der Waals surface area contributed by atoms with E-state index in [4.69, 9.17) is 14.2 Å². The van der Waals surface area contributed by atoms with Gasteiger partial charge in [0.05, 0.1) is 0 Å². The van der Waals surface area contributed by atoms with Gasteiger partial charge in [0, 0.05) is 25.7 Å². The van der Waals surface area contributed by atoms with Gasteiger partial charge in [0.25, 0.3) is 5.97 Å². The van der Waals surface area contributed by atoms with Crippen LogP contribution in [0.3, 0.4) is 0 Å². The summed E-state index contributed by atoms with van der Waals surface area (Å²) in [7, 11) is 4.23. The molecule has 0 aromatic heterocycles. The van der Waals surface area contributed by atoms with E-state index in [2.05, 4.69) is 25.9 Å². The van der Waals surface area contributed by atoms with Crippen molar-refractivity contribution in [3.63, 3.8) is 0 Å². The Morgan fingerprint density at radius 3 is 1.67 bits per heavy atom. The molecule has 0 radical (unpaired) electrons. The monoisotopic (exact) mass is 345 g/mol. The molecule has 0 fully saturated rings. The fourth-order valence-corrected chi connectivity index (χ4v) is 3.17. The van der Waals surface area contributed by atoms with Gasteiger partial charge < -0.3 is 19.1 Å². The normalized spacial score (nSPS) is 13.6. The first-order valence-corrected chi connectivity index (χ1v) is 10.1. The van der Waals surface area contributed by atoms with Crippen molar-refractivity contribution >= 4 is 0 Å². The van der Waals surface area contributed by atoms with Crippen LogP contribution < -0.4 is 0 Å². The molecule has 0 aromatic rings. The summed E-state index contributed by atoms with van der Waals surface area (Å²) in [6.45, 7) is 11.1. The van der Waals surface area contributed by atoms with Gasteiger partial charge in [0.2, 0.25) is 0 Å². The van der Waals surface area contributed by atoms with Crippen molar-refractivity contribution < 1.29 is 14.2 Å². The van der Waals surface area contributed by atoms with Crippen molar-refractivity contribution in [2.75, 3.05) is 40.5 Å². The second kappa shape index (κ2) is 15.1. The van der Waals surface area contributed by atoms with Gasteiger partial charge in [-0.05, 0) is 54.3 Å². The van der Waals surface area contributed by atoms with Crippen LogP contribution in [-0.2, 0) is 14.2 Å². The summed E-state index contributed by atoms with van der Waals surface area (Å²) < 4.78 is 18.1. The molecule has 0 aromatic carbocycles. The van der Waals surface area contributed by atoms with E-state index < -0.39 is 5.97 Å². The quantitative estimate of drug-likeness (QED) is 0.272. The first kappa shape index (κ1) is 23.8. The first-order valence-electron chi connectivity index (χ1n) is 10.1. The molecule has 24 heavy (non-hydrogen) atoms. The van der Waals surface area contributed by atoms with Crippen molar-refractivity contribution in [3.8, 4) is 0 Å². The van der Waals surface area contributed by atoms with E-state index in [-0.39, 0.29) is 5.92 Å². The minimum atomic E-state index is -0.877. The van der Waals surface area contributed by atoms with Gasteiger partial charge >= 0.3 is 0 Å². The molecule has 0 N–H and O–H groups in total. The van der Waals surface area contributed by atoms with Crippen molar-refractivity contribution in [1.82, 2.24) is 4.90 Å². The molecule has 0 spiro atoms. The van der Waals surface area contributed by atoms with Crippen LogP contribution in [-0.4, -0.2) is 51.3 Å². The third kappa shape index (κ3) is 9.97. The third-order valence-corrected chi connectivity index (χ3v) is 4.37. The topological polar surface area (TPSA) is 30.9 Å². The standard InChI is InChI=1S/C20H43NO3/c1-7-11-12-13-14-15-16-19(17-18-21(5)6)20(22-8-2,23-9-3)24-10-4/h19H,7-18H2,1-6H3. The first-order chi connectivity index (χ1) is 11.6. The molecule has 1 unspecified atom stereocenters. The highest BCUT2D eigenvalue weighted by molar-refractivity contribution is 4.74. The number of hydrogen-bond acceptors (Lipinski definition) is 4. The Hall–Kier alpha value is -0.160. The Morgan fingerprint density at radius 2 is 1.21 bits per heavy atom. The molecule has 0 rings (SSSR count). The van der Waals surface area contributed by atoms with E-state index in [1.165, 1.54) is 38.5 Å². The smallest absolute Gasteiger partial charge is 0.285 e. The fourth-order valence-electron chi connectivity index (χ4n) is 3.17. The second-order valence-corrected chi connectivity index (χ2v) is 6.75. The van der Waals surface area contributed by atoms with Crippen LogP contribution in [0.4, 0.5) is 0 Å². The Labute approximate surface area is 151 Å². The summed E-state index contributed by atoms with van der Waals surface area (Å²) >= 11 is 0. The molecule has 4 nitrogen and oxygen atoms in total. The minimum absolute atomic E-state index is 0.269. The highest BCUT2D eigenvalue weighted by atomic mass is 16.9. The zero-order valence-electron chi connectivity index (χ0n) is 17.2. The number of ether oxygens (including phenoxy) is 3. The molecule has 0 bridgehead atoms. The van der Waals surface area contributed by atoms with Crippen LogP contribution in [0.2, 0.25) is 0 Å². The highest BCUT2D eigenvalue weighted by Gasteiger charge is 2.41. The molecule has 0 amide bonds. The Morgan fingerprint density at radius 1 is 0.708 bits per heavy atom. The molecule has 0 aliphatic rings. The number of hydrogen-bond donors (Lipinski definition) is 0. The lowest BCUT2D eigenvalue weighted by atomic mass is 9.94. The molecular weight excluding hydrogens is 302 g/mol. The minimum Gasteiger partial charge on any atom is -0.328 e. The largest absolute Gasteiger partial charge is 0.328 e. The van der Waals surface area contributed by atoms with E-state index in [0.29, 0.717) is 19.8 Å². The summed E-state index contributed by atoms with van der Waals surface area (Å²) in [5.41, 5.74) is 0. The SMILES string of the molecule is CCCCCCCCC(CCN(C)C)C(OCC)(OCC)OCC. The van der Waals surface area contributed by atoms with Crippen LogP contribution >= 0.6 is 0 Å². The van der Waals surface area contributed by atoms with Crippen LogP contribution in [0.5, 0.6) is 0 Å². The molecule has 0 saturated heterocycles. The number of unbranched alkanes of at least 4 members (excludes halogenated alkanes) is 5. The molecule has 0 aliphatic heterocycles. The maximum absolute atomic E-state index is 6.04. The Balaban J connectivity index is 4.80. The van der Waals surface area contributed by atoms with E-state index >= 15 is 0 Å². The van der Waals surface area contributed by atoms with Crippen molar-refractivity contribution in [3.05, 3.63) is 0 Å². The maximum Gasteiger partial charge on any atom is 0.285 e. The van der Waals surface area contributed by atoms with E-state index in [1.807, 2.05) is 20.8 Å². The predicted octanol–water partition coefficient (Wildman–Crippen LogP) is 5.07. The van der Waals surface area contributed by atoms with Gasteiger partial charge in [-0.2, -0.15) is 0 Å². The van der Waals surface area contributed by atoms with E-state index in [9.17, 15) is 0 Å². The summed E-state index contributed by atoms with van der Waals surface area (Å²) in [6.07, 6.45) is 9.97. The summed E-state index contributed by atoms with van der Waals surface area (Å²) in [5.74, 6) is -0.608. The zero-order valence-corrected chi connectivity index (χ0v) is 17.2. The molecular formula is C20H43NO3. The van der Waals surface area contributed by atoms with Gasteiger partial charge in [-0.3, -0.25) is 0 Å². The lowest BCUT2D eigenvalue weighted by Gasteiger charge is -2.39. The Bertz CT molecular complexity index is 255. The molecule has 0 aliphatic carbocycles. The van der Waals surface area contributed by atoms with Crippen molar-refractivity contribution in [2.45, 2.75) is 85.0 Å². The lowest BCUT2D eigenvalue weighted by Crippen LogP contribution is -2.47. The number of nitrogens with zero attached hydrogens (tertiary/aromatic N) is 1. The number of rotatable bonds is 17. The average Bonchev–Trinajstić information content (AvgIpc) is 2.53. The summed E-state index contributed by atoms with van der Waals surface area (Å²) in [5, 5.41) is 0. The predicted molar refractivity (Wildman–Crippen MR) is 102 cm³/mol. The van der Waals surface area contributed by atoms with Gasteiger partial charge in [0.1, 0.15) is 0 Å². The van der Waals surface area contributed by atoms with Gasteiger partial charge in [-0.15, -0.1) is 0 Å². The summed E-state index contributed by atoms with van der Waals surface area (Å²) in [6, 6.07) is 0.